The van der Waals surface area contributed by atoms with Crippen LogP contribution in [0.25, 0.3) is 10.9 Å². The van der Waals surface area contributed by atoms with Gasteiger partial charge in [0.25, 0.3) is 0 Å². The van der Waals surface area contributed by atoms with Crippen LogP contribution in [0.5, 0.6) is 0 Å². The fraction of sp³-hybridized carbons (Fsp3) is 0.500. The van der Waals surface area contributed by atoms with E-state index in [9.17, 15) is 4.79 Å². The van der Waals surface area contributed by atoms with Gasteiger partial charge >= 0.3 is 0 Å². The second kappa shape index (κ2) is 7.20. The van der Waals surface area contributed by atoms with Crippen LogP contribution in [0.4, 0.5) is 0 Å². The molecule has 2 aromatic rings. The van der Waals surface area contributed by atoms with Crippen LogP contribution in [0.1, 0.15) is 43.5 Å². The molecule has 1 unspecified atom stereocenters. The summed E-state index contributed by atoms with van der Waals surface area (Å²) in [5.41, 5.74) is 1.77. The van der Waals surface area contributed by atoms with Crippen LogP contribution < -0.4 is 5.32 Å². The predicted molar refractivity (Wildman–Crippen MR) is 82.0 cm³/mol. The number of hydrogen-bond acceptors (Lipinski definition) is 3. The number of Topliss-reactive ketones (excluding diaryl/α,β-unsaturated/α-hetero) is 1. The van der Waals surface area contributed by atoms with Crippen molar-refractivity contribution in [2.24, 2.45) is 5.92 Å². The predicted octanol–water partition coefficient (Wildman–Crippen LogP) is 3.16. The van der Waals surface area contributed by atoms with Crippen molar-refractivity contribution in [2.45, 2.75) is 33.1 Å². The molecule has 1 aromatic heterocycles. The summed E-state index contributed by atoms with van der Waals surface area (Å²) in [5, 5.41) is 11.0. The molecule has 1 fully saturated rings. The van der Waals surface area contributed by atoms with Gasteiger partial charge in [0, 0.05) is 23.4 Å². The van der Waals surface area contributed by atoms with Crippen molar-refractivity contribution in [3.8, 4) is 0 Å². The third-order valence-electron chi connectivity index (χ3n) is 3.66. The first-order valence-corrected chi connectivity index (χ1v) is 7.44. The third kappa shape index (κ3) is 3.45. The number of aromatic nitrogens is 2. The summed E-state index contributed by atoms with van der Waals surface area (Å²) in [6, 6.07) is 5.71. The number of nitrogens with zero attached hydrogens (tertiary/aromatic N) is 1. The van der Waals surface area contributed by atoms with E-state index in [0.29, 0.717) is 0 Å². The summed E-state index contributed by atoms with van der Waals surface area (Å²) in [5.74, 6) is 0.387. The minimum Gasteiger partial charge on any atom is -0.316 e. The van der Waals surface area contributed by atoms with Gasteiger partial charge < -0.3 is 5.32 Å². The monoisotopic (exact) mass is 273 g/mol. The Kier molecular flexibility index (Phi) is 5.30. The van der Waals surface area contributed by atoms with Gasteiger partial charge in [0.1, 0.15) is 0 Å². The number of nitrogens with one attached hydrogen (secondary N) is 2. The zero-order chi connectivity index (χ0) is 14.4. The van der Waals surface area contributed by atoms with Gasteiger partial charge in [0.2, 0.25) is 0 Å². The molecule has 1 aliphatic heterocycles. The molecule has 1 saturated heterocycles. The second-order valence-corrected chi connectivity index (χ2v) is 5.23. The van der Waals surface area contributed by atoms with E-state index in [0.717, 1.165) is 36.0 Å². The molecule has 0 amide bonds. The van der Waals surface area contributed by atoms with Crippen LogP contribution in [0.3, 0.4) is 0 Å². The summed E-state index contributed by atoms with van der Waals surface area (Å²) in [4.78, 5) is 12.1. The van der Waals surface area contributed by atoms with Crippen LogP contribution >= 0.6 is 0 Å². The summed E-state index contributed by atoms with van der Waals surface area (Å²) >= 11 is 0. The molecule has 0 bridgehead atoms. The van der Waals surface area contributed by atoms with Crippen LogP contribution in [-0.4, -0.2) is 29.1 Å². The van der Waals surface area contributed by atoms with Crippen LogP contribution in [0.15, 0.2) is 24.4 Å². The maximum atomic E-state index is 12.1. The van der Waals surface area contributed by atoms with Crippen LogP contribution in [0, 0.1) is 5.92 Å². The molecule has 0 spiro atoms. The first-order chi connectivity index (χ1) is 9.76. The number of fused-ring (bicyclic) bond motifs is 1. The van der Waals surface area contributed by atoms with Crippen molar-refractivity contribution >= 4 is 16.7 Å². The number of carbonyl (C=O) groups is 1. The molecule has 2 N–H and O–H groups in total. The number of H-pyrrole nitrogens is 1. The molecule has 4 nitrogen and oxygen atoms in total. The van der Waals surface area contributed by atoms with Gasteiger partial charge in [-0.15, -0.1) is 0 Å². The van der Waals surface area contributed by atoms with Gasteiger partial charge in [-0.25, -0.2) is 0 Å². The average molecular weight is 273 g/mol. The molecule has 20 heavy (non-hydrogen) atoms. The van der Waals surface area contributed by atoms with Gasteiger partial charge in [-0.1, -0.05) is 26.7 Å². The van der Waals surface area contributed by atoms with Crippen molar-refractivity contribution in [3.63, 3.8) is 0 Å². The average Bonchev–Trinajstić information content (AvgIpc) is 3.16. The summed E-state index contributed by atoms with van der Waals surface area (Å²) in [7, 11) is 0. The molecule has 3 rings (SSSR count). The lowest BCUT2D eigenvalue weighted by Gasteiger charge is -2.06. The molecule has 108 valence electrons. The van der Waals surface area contributed by atoms with E-state index in [1.54, 1.807) is 6.20 Å². The highest BCUT2D eigenvalue weighted by Gasteiger charge is 2.23. The number of carbonyl (C=O) groups excluding carboxylic acids is 1. The fourth-order valence-electron chi connectivity index (χ4n) is 2.21. The second-order valence-electron chi connectivity index (χ2n) is 5.23. The summed E-state index contributed by atoms with van der Waals surface area (Å²) in [6.07, 6.45) is 5.33. The van der Waals surface area contributed by atoms with Crippen molar-refractivity contribution in [2.75, 3.05) is 13.1 Å². The van der Waals surface area contributed by atoms with Crippen LogP contribution in [0.2, 0.25) is 0 Å². The highest BCUT2D eigenvalue weighted by atomic mass is 16.1. The first-order valence-electron chi connectivity index (χ1n) is 7.44. The zero-order valence-corrected chi connectivity index (χ0v) is 12.3. The Morgan fingerprint density at radius 3 is 2.80 bits per heavy atom. The summed E-state index contributed by atoms with van der Waals surface area (Å²) < 4.78 is 0. The van der Waals surface area contributed by atoms with E-state index in [2.05, 4.69) is 29.4 Å². The molecular formula is C16H23N3O. The lowest BCUT2D eigenvalue weighted by Crippen LogP contribution is -2.17. The number of unbranched alkanes of at least 4 members (excludes halogenated alkanes) is 1. The minimum atomic E-state index is 0.143. The molecule has 0 aliphatic carbocycles. The Bertz CT molecular complexity index is 554. The third-order valence-corrected chi connectivity index (χ3v) is 3.66. The lowest BCUT2D eigenvalue weighted by molar-refractivity contribution is 0.0930. The van der Waals surface area contributed by atoms with Gasteiger partial charge in [-0.05, 0) is 31.2 Å². The maximum absolute atomic E-state index is 12.1. The van der Waals surface area contributed by atoms with Crippen LogP contribution in [-0.2, 0) is 0 Å². The van der Waals surface area contributed by atoms with Gasteiger partial charge in [0.15, 0.2) is 5.78 Å². The van der Waals surface area contributed by atoms with Crippen molar-refractivity contribution in [3.05, 3.63) is 30.0 Å². The van der Waals surface area contributed by atoms with E-state index < -0.39 is 0 Å². The quantitative estimate of drug-likeness (QED) is 0.845. The minimum absolute atomic E-state index is 0.143. The Labute approximate surface area is 120 Å². The lowest BCUT2D eigenvalue weighted by atomic mass is 9.96. The SMILES string of the molecule is CCCC.O=C(c1ccc2[nH]ncc2c1)C1CCNC1. The van der Waals surface area contributed by atoms with Crippen molar-refractivity contribution in [1.29, 1.82) is 0 Å². The van der Waals surface area contributed by atoms with E-state index in [1.807, 2.05) is 18.2 Å². The Morgan fingerprint density at radius 1 is 1.35 bits per heavy atom. The highest BCUT2D eigenvalue weighted by Crippen LogP contribution is 2.19. The van der Waals surface area contributed by atoms with E-state index in [1.165, 1.54) is 12.8 Å². The maximum Gasteiger partial charge on any atom is 0.167 e. The van der Waals surface area contributed by atoms with Gasteiger partial charge in [-0.2, -0.15) is 5.10 Å². The normalized spacial score (nSPS) is 17.8. The number of hydrogen-bond donors (Lipinski definition) is 2. The van der Waals surface area contributed by atoms with Crippen molar-refractivity contribution in [1.82, 2.24) is 15.5 Å². The molecule has 4 heteroatoms. The topological polar surface area (TPSA) is 57.8 Å². The number of ketones is 1. The van der Waals surface area contributed by atoms with Crippen molar-refractivity contribution < 1.29 is 4.79 Å². The number of benzene rings is 1. The first kappa shape index (κ1) is 14.7. The molecule has 1 atom stereocenters. The van der Waals surface area contributed by atoms with E-state index >= 15 is 0 Å². The number of aromatic amines is 1. The fourth-order valence-corrected chi connectivity index (χ4v) is 2.21. The van der Waals surface area contributed by atoms with E-state index in [-0.39, 0.29) is 11.7 Å². The van der Waals surface area contributed by atoms with Gasteiger partial charge in [0.05, 0.1) is 11.7 Å². The van der Waals surface area contributed by atoms with Gasteiger partial charge in [-0.3, -0.25) is 9.89 Å². The standard InChI is InChI=1S/C12H13N3O.C4H10/c16-12(9-3-4-13-6-9)8-1-2-11-10(5-8)7-14-15-11;1-3-4-2/h1-2,5,7,9,13H,3-4,6H2,(H,14,15);3-4H2,1-2H3. The highest BCUT2D eigenvalue weighted by molar-refractivity contribution is 6.01. The zero-order valence-electron chi connectivity index (χ0n) is 12.3. The smallest absolute Gasteiger partial charge is 0.167 e. The molecule has 0 saturated carbocycles. The largest absolute Gasteiger partial charge is 0.316 e. The Balaban J connectivity index is 0.000000328. The molecule has 1 aliphatic rings. The molecular weight excluding hydrogens is 250 g/mol. The Morgan fingerprint density at radius 2 is 2.15 bits per heavy atom. The number of rotatable bonds is 3. The van der Waals surface area contributed by atoms with E-state index in [4.69, 9.17) is 0 Å². The Hall–Kier alpha value is -1.68. The molecule has 2 heterocycles. The molecule has 1 aromatic carbocycles. The molecule has 0 radical (unpaired) electrons. The summed E-state index contributed by atoms with van der Waals surface area (Å²) in [6.45, 7) is 6.12.